The topological polar surface area (TPSA) is 124 Å². The highest BCUT2D eigenvalue weighted by Gasteiger charge is 2.27. The van der Waals surface area contributed by atoms with Gasteiger partial charge in [-0.15, -0.1) is 0 Å². The van der Waals surface area contributed by atoms with Crippen LogP contribution in [0.1, 0.15) is 10.4 Å². The van der Waals surface area contributed by atoms with Crippen molar-refractivity contribution in [3.05, 3.63) is 32.8 Å². The molecule has 1 saturated heterocycles. The third-order valence-corrected chi connectivity index (χ3v) is 5.10. The lowest BCUT2D eigenvalue weighted by Crippen LogP contribution is -2.43. The number of nitro benzene ring substituents is 1. The molecule has 2 rings (SSSR count). The summed E-state index contributed by atoms with van der Waals surface area (Å²) in [5.74, 6) is -0.748. The number of carbonyl (C=O) groups excluding carboxylic acids is 1. The molecule has 1 aromatic rings. The molecule has 0 bridgehead atoms. The monoisotopic (exact) mass is 333 g/mol. The molecule has 0 saturated carbocycles. The predicted octanol–water partition coefficient (Wildman–Crippen LogP) is 0.701. The number of nitro groups is 1. The lowest BCUT2D eigenvalue weighted by atomic mass is 10.1. The first-order valence-electron chi connectivity index (χ1n) is 5.94. The molecule has 1 aliphatic rings. The Morgan fingerprint density at radius 2 is 1.90 bits per heavy atom. The molecular formula is C11H12ClN3O5S. The van der Waals surface area contributed by atoms with E-state index in [1.54, 1.807) is 0 Å². The minimum Gasteiger partial charge on any atom is -0.392 e. The van der Waals surface area contributed by atoms with Crippen molar-refractivity contribution < 1.29 is 18.1 Å². The average molecular weight is 334 g/mol. The van der Waals surface area contributed by atoms with E-state index in [2.05, 4.69) is 0 Å². The molecule has 0 spiro atoms. The Labute approximate surface area is 125 Å². The second-order valence-corrected chi connectivity index (χ2v) is 7.30. The number of rotatable bonds is 2. The second kappa shape index (κ2) is 5.49. The summed E-state index contributed by atoms with van der Waals surface area (Å²) in [5.41, 5.74) is 4.85. The van der Waals surface area contributed by atoms with E-state index in [9.17, 15) is 23.3 Å². The van der Waals surface area contributed by atoms with Crippen LogP contribution in [0.3, 0.4) is 0 Å². The zero-order chi connectivity index (χ0) is 15.8. The van der Waals surface area contributed by atoms with Gasteiger partial charge in [-0.1, -0.05) is 11.6 Å². The normalized spacial score (nSPS) is 17.5. The summed E-state index contributed by atoms with van der Waals surface area (Å²) in [6.07, 6.45) is 0. The molecule has 1 aromatic carbocycles. The van der Waals surface area contributed by atoms with Crippen molar-refractivity contribution in [2.45, 2.75) is 0 Å². The molecule has 0 unspecified atom stereocenters. The number of anilines is 1. The van der Waals surface area contributed by atoms with E-state index >= 15 is 0 Å². The molecule has 10 heteroatoms. The zero-order valence-electron chi connectivity index (χ0n) is 10.8. The van der Waals surface area contributed by atoms with E-state index in [4.69, 9.17) is 17.3 Å². The molecule has 0 atom stereocenters. The summed E-state index contributed by atoms with van der Waals surface area (Å²) in [6, 6.07) is 2.29. The molecular weight excluding hydrogens is 322 g/mol. The summed E-state index contributed by atoms with van der Waals surface area (Å²) >= 11 is 5.80. The molecule has 1 amide bonds. The fraction of sp³-hybridized carbons (Fsp3) is 0.364. The molecule has 1 heterocycles. The number of halogens is 1. The summed E-state index contributed by atoms with van der Waals surface area (Å²) in [4.78, 5) is 23.7. The third kappa shape index (κ3) is 3.24. The minimum atomic E-state index is -3.12. The van der Waals surface area contributed by atoms with Crippen LogP contribution >= 0.6 is 11.6 Å². The van der Waals surface area contributed by atoms with E-state index in [-0.39, 0.29) is 40.9 Å². The summed E-state index contributed by atoms with van der Waals surface area (Å²) in [5, 5.41) is 10.8. The van der Waals surface area contributed by atoms with Gasteiger partial charge in [0, 0.05) is 24.7 Å². The average Bonchev–Trinajstić information content (AvgIpc) is 2.40. The molecule has 0 radical (unpaired) electrons. The maximum atomic E-state index is 12.3. The molecule has 21 heavy (non-hydrogen) atoms. The van der Waals surface area contributed by atoms with E-state index in [1.165, 1.54) is 11.0 Å². The lowest BCUT2D eigenvalue weighted by Gasteiger charge is -2.26. The van der Waals surface area contributed by atoms with E-state index < -0.39 is 26.4 Å². The van der Waals surface area contributed by atoms with Gasteiger partial charge in [0.2, 0.25) is 0 Å². The number of carbonyl (C=O) groups is 1. The molecule has 114 valence electrons. The maximum Gasteiger partial charge on any atom is 0.294 e. The Morgan fingerprint density at radius 3 is 2.43 bits per heavy atom. The minimum absolute atomic E-state index is 0.0141. The van der Waals surface area contributed by atoms with Crippen molar-refractivity contribution in [1.29, 1.82) is 0 Å². The lowest BCUT2D eigenvalue weighted by molar-refractivity contribution is -0.383. The summed E-state index contributed by atoms with van der Waals surface area (Å²) < 4.78 is 22.7. The van der Waals surface area contributed by atoms with Crippen LogP contribution < -0.4 is 5.73 Å². The van der Waals surface area contributed by atoms with Crippen LogP contribution in [0.15, 0.2) is 12.1 Å². The highest BCUT2D eigenvalue weighted by atomic mass is 35.5. The highest BCUT2D eigenvalue weighted by Crippen LogP contribution is 2.31. The number of nitrogens with two attached hydrogens (primary N) is 1. The highest BCUT2D eigenvalue weighted by molar-refractivity contribution is 7.91. The Bertz CT molecular complexity index is 705. The molecule has 2 N–H and O–H groups in total. The number of nitrogens with zero attached hydrogens (tertiary/aromatic N) is 2. The van der Waals surface area contributed by atoms with Crippen molar-refractivity contribution in [3.63, 3.8) is 0 Å². The van der Waals surface area contributed by atoms with Gasteiger partial charge in [-0.3, -0.25) is 14.9 Å². The van der Waals surface area contributed by atoms with Crippen LogP contribution in [-0.2, 0) is 9.84 Å². The van der Waals surface area contributed by atoms with E-state index in [1.807, 2.05) is 0 Å². The third-order valence-electron chi connectivity index (χ3n) is 3.18. The van der Waals surface area contributed by atoms with Crippen LogP contribution in [-0.4, -0.2) is 48.7 Å². The van der Waals surface area contributed by atoms with Crippen LogP contribution in [0.5, 0.6) is 0 Å². The number of sulfone groups is 1. The van der Waals surface area contributed by atoms with Gasteiger partial charge in [0.15, 0.2) is 9.84 Å². The number of amides is 1. The standard InChI is InChI=1S/C11H12ClN3O5S/c12-8-5-7(6-9(10(8)13)15(17)18)11(16)14-1-3-21(19,20)4-2-14/h5-6H,1-4,13H2. The van der Waals surface area contributed by atoms with Gasteiger partial charge >= 0.3 is 0 Å². The van der Waals surface area contributed by atoms with Crippen molar-refractivity contribution in [3.8, 4) is 0 Å². The number of hydrogen-bond donors (Lipinski definition) is 1. The SMILES string of the molecule is Nc1c(Cl)cc(C(=O)N2CCS(=O)(=O)CC2)cc1[N+](=O)[O-]. The molecule has 1 fully saturated rings. The Balaban J connectivity index is 2.30. The van der Waals surface area contributed by atoms with Crippen molar-refractivity contribution in [2.75, 3.05) is 30.3 Å². The van der Waals surface area contributed by atoms with Crippen molar-refractivity contribution in [1.82, 2.24) is 4.90 Å². The summed E-state index contributed by atoms with van der Waals surface area (Å²) in [6.45, 7) is 0.105. The molecule has 0 aromatic heterocycles. The number of hydrogen-bond acceptors (Lipinski definition) is 6. The Kier molecular flexibility index (Phi) is 4.06. The predicted molar refractivity (Wildman–Crippen MR) is 77.1 cm³/mol. The first kappa shape index (κ1) is 15.5. The van der Waals surface area contributed by atoms with E-state index in [0.29, 0.717) is 0 Å². The second-order valence-electron chi connectivity index (χ2n) is 4.59. The van der Waals surface area contributed by atoms with Crippen LogP contribution in [0.2, 0.25) is 5.02 Å². The summed E-state index contributed by atoms with van der Waals surface area (Å²) in [7, 11) is -3.12. The van der Waals surface area contributed by atoms with Gasteiger partial charge in [-0.25, -0.2) is 8.42 Å². The van der Waals surface area contributed by atoms with Crippen LogP contribution in [0.4, 0.5) is 11.4 Å². The maximum absolute atomic E-state index is 12.3. The van der Waals surface area contributed by atoms with Gasteiger partial charge < -0.3 is 10.6 Å². The number of nitrogen functional groups attached to an aromatic ring is 1. The van der Waals surface area contributed by atoms with Gasteiger partial charge in [-0.2, -0.15) is 0 Å². The van der Waals surface area contributed by atoms with Gasteiger partial charge in [0.05, 0.1) is 21.5 Å². The molecule has 1 aliphatic heterocycles. The quantitative estimate of drug-likeness (QED) is 0.482. The fourth-order valence-corrected chi connectivity index (χ4v) is 3.39. The smallest absolute Gasteiger partial charge is 0.294 e. The van der Waals surface area contributed by atoms with Crippen molar-refractivity contribution >= 4 is 38.7 Å². The molecule has 8 nitrogen and oxygen atoms in total. The van der Waals surface area contributed by atoms with Gasteiger partial charge in [0.25, 0.3) is 11.6 Å². The fourth-order valence-electron chi connectivity index (χ4n) is 1.98. The first-order valence-corrected chi connectivity index (χ1v) is 8.14. The Morgan fingerprint density at radius 1 is 1.33 bits per heavy atom. The van der Waals surface area contributed by atoms with Crippen molar-refractivity contribution in [2.24, 2.45) is 0 Å². The van der Waals surface area contributed by atoms with Crippen LogP contribution in [0, 0.1) is 10.1 Å². The first-order chi connectivity index (χ1) is 9.71. The number of benzene rings is 1. The van der Waals surface area contributed by atoms with Gasteiger partial charge in [0.1, 0.15) is 5.69 Å². The zero-order valence-corrected chi connectivity index (χ0v) is 12.4. The largest absolute Gasteiger partial charge is 0.392 e. The Hall–Kier alpha value is -1.87. The van der Waals surface area contributed by atoms with Crippen LogP contribution in [0.25, 0.3) is 0 Å². The molecule has 0 aliphatic carbocycles. The van der Waals surface area contributed by atoms with Gasteiger partial charge in [-0.05, 0) is 6.07 Å². The van der Waals surface area contributed by atoms with E-state index in [0.717, 1.165) is 6.07 Å².